The number of rotatable bonds is 5. The number of ether oxygens (including phenoxy) is 1. The SMILES string of the molecule is NC(=O)c1ccc(-c2ccc(Oc3cncc4sc(C5=NN=NC5)cc34)cc2)cc1. The zero-order chi connectivity index (χ0) is 20.5. The molecule has 1 aliphatic heterocycles. The molecule has 146 valence electrons. The Balaban J connectivity index is 1.39. The van der Waals surface area contributed by atoms with Crippen LogP contribution in [0, 0.1) is 0 Å². The number of fused-ring (bicyclic) bond motifs is 1. The molecular weight excluding hydrogens is 398 g/mol. The van der Waals surface area contributed by atoms with Crippen molar-refractivity contribution in [2.75, 3.05) is 6.54 Å². The normalized spacial score (nSPS) is 12.9. The van der Waals surface area contributed by atoms with Gasteiger partial charge in [-0.1, -0.05) is 24.3 Å². The highest BCUT2D eigenvalue weighted by Gasteiger charge is 2.15. The molecule has 1 amide bonds. The summed E-state index contributed by atoms with van der Waals surface area (Å²) in [5, 5.41) is 12.6. The Labute approximate surface area is 175 Å². The van der Waals surface area contributed by atoms with E-state index in [9.17, 15) is 4.79 Å². The van der Waals surface area contributed by atoms with Crippen LogP contribution in [0.1, 0.15) is 15.2 Å². The van der Waals surface area contributed by atoms with Gasteiger partial charge in [-0.3, -0.25) is 9.78 Å². The Morgan fingerprint density at radius 2 is 1.73 bits per heavy atom. The molecule has 4 aromatic rings. The Morgan fingerprint density at radius 3 is 2.40 bits per heavy atom. The molecule has 8 heteroatoms. The van der Waals surface area contributed by atoms with Crippen molar-refractivity contribution in [2.45, 2.75) is 0 Å². The van der Waals surface area contributed by atoms with E-state index < -0.39 is 5.91 Å². The van der Waals surface area contributed by atoms with Gasteiger partial charge < -0.3 is 10.5 Å². The summed E-state index contributed by atoms with van der Waals surface area (Å²) in [6, 6.07) is 17.0. The molecule has 3 heterocycles. The molecule has 7 nitrogen and oxygen atoms in total. The maximum Gasteiger partial charge on any atom is 0.248 e. The number of nitrogens with zero attached hydrogens (tertiary/aromatic N) is 4. The van der Waals surface area contributed by atoms with E-state index in [-0.39, 0.29) is 0 Å². The van der Waals surface area contributed by atoms with Crippen molar-refractivity contribution in [2.24, 2.45) is 21.2 Å². The van der Waals surface area contributed by atoms with Gasteiger partial charge in [-0.05, 0) is 46.7 Å². The Bertz CT molecular complexity index is 1310. The minimum atomic E-state index is -0.437. The first-order valence-electron chi connectivity index (χ1n) is 9.17. The van der Waals surface area contributed by atoms with Gasteiger partial charge in [0.1, 0.15) is 18.0 Å². The maximum absolute atomic E-state index is 11.2. The first-order valence-corrected chi connectivity index (χ1v) is 9.98. The second-order valence-corrected chi connectivity index (χ2v) is 7.75. The lowest BCUT2D eigenvalue weighted by Gasteiger charge is -2.08. The number of hydrogen-bond acceptors (Lipinski definition) is 7. The lowest BCUT2D eigenvalue weighted by molar-refractivity contribution is 0.100. The van der Waals surface area contributed by atoms with Crippen LogP contribution in [0.25, 0.3) is 21.2 Å². The van der Waals surface area contributed by atoms with Crippen LogP contribution in [0.5, 0.6) is 11.5 Å². The van der Waals surface area contributed by atoms with Crippen molar-refractivity contribution in [3.8, 4) is 22.6 Å². The molecule has 0 saturated carbocycles. The van der Waals surface area contributed by atoms with Gasteiger partial charge in [-0.15, -0.1) is 16.4 Å². The molecule has 5 rings (SSSR count). The fourth-order valence-corrected chi connectivity index (χ4v) is 4.19. The molecular formula is C22H15N5O2S. The molecule has 2 aromatic heterocycles. The van der Waals surface area contributed by atoms with Gasteiger partial charge in [0.25, 0.3) is 0 Å². The summed E-state index contributed by atoms with van der Waals surface area (Å²) in [6.07, 6.45) is 3.53. The van der Waals surface area contributed by atoms with Crippen molar-refractivity contribution >= 4 is 33.0 Å². The predicted molar refractivity (Wildman–Crippen MR) is 116 cm³/mol. The molecule has 2 aromatic carbocycles. The highest BCUT2D eigenvalue weighted by atomic mass is 32.1. The summed E-state index contributed by atoms with van der Waals surface area (Å²) >= 11 is 1.60. The fourth-order valence-electron chi connectivity index (χ4n) is 3.17. The summed E-state index contributed by atoms with van der Waals surface area (Å²) in [6.45, 7) is 0.498. The highest BCUT2D eigenvalue weighted by molar-refractivity contribution is 7.21. The van der Waals surface area contributed by atoms with E-state index in [4.69, 9.17) is 10.5 Å². The number of benzene rings is 2. The van der Waals surface area contributed by atoms with Gasteiger partial charge in [0.15, 0.2) is 5.75 Å². The molecule has 0 radical (unpaired) electrons. The van der Waals surface area contributed by atoms with Crippen LogP contribution in [0.4, 0.5) is 0 Å². The standard InChI is InChI=1S/C22H15N5O2S/c23-22(28)15-3-1-13(2-4-15)14-5-7-16(8-6-14)29-19-11-24-12-21-17(19)9-20(30-21)18-10-25-27-26-18/h1-9,11-12H,10H2,(H2,23,28). The third-order valence-corrected chi connectivity index (χ3v) is 5.85. The summed E-state index contributed by atoms with van der Waals surface area (Å²) in [4.78, 5) is 16.5. The summed E-state index contributed by atoms with van der Waals surface area (Å²) in [5.41, 5.74) is 8.64. The molecule has 0 fully saturated rings. The highest BCUT2D eigenvalue weighted by Crippen LogP contribution is 2.35. The monoisotopic (exact) mass is 413 g/mol. The van der Waals surface area contributed by atoms with Crippen LogP contribution in [-0.2, 0) is 0 Å². The molecule has 0 aliphatic carbocycles. The van der Waals surface area contributed by atoms with Crippen molar-refractivity contribution in [1.29, 1.82) is 0 Å². The van der Waals surface area contributed by atoms with Crippen molar-refractivity contribution in [3.63, 3.8) is 0 Å². The number of amides is 1. The lowest BCUT2D eigenvalue weighted by atomic mass is 10.0. The van der Waals surface area contributed by atoms with Crippen LogP contribution < -0.4 is 10.5 Å². The van der Waals surface area contributed by atoms with E-state index in [2.05, 4.69) is 20.4 Å². The second kappa shape index (κ2) is 7.49. The Kier molecular flexibility index (Phi) is 4.53. The Morgan fingerprint density at radius 1 is 1.00 bits per heavy atom. The molecule has 0 atom stereocenters. The van der Waals surface area contributed by atoms with Crippen LogP contribution in [-0.4, -0.2) is 23.1 Å². The number of nitrogens with two attached hydrogens (primary N) is 1. The van der Waals surface area contributed by atoms with E-state index in [0.29, 0.717) is 23.6 Å². The molecule has 2 N–H and O–H groups in total. The number of pyridine rings is 1. The molecule has 0 bridgehead atoms. The summed E-state index contributed by atoms with van der Waals surface area (Å²) in [7, 11) is 0. The van der Waals surface area contributed by atoms with Crippen molar-refractivity contribution in [1.82, 2.24) is 4.98 Å². The topological polar surface area (TPSA) is 102 Å². The van der Waals surface area contributed by atoms with Gasteiger partial charge in [0, 0.05) is 17.1 Å². The van der Waals surface area contributed by atoms with Gasteiger partial charge in [-0.25, -0.2) is 0 Å². The quantitative estimate of drug-likeness (QED) is 0.496. The number of primary amides is 1. The van der Waals surface area contributed by atoms with Crippen molar-refractivity contribution < 1.29 is 9.53 Å². The van der Waals surface area contributed by atoms with E-state index in [1.165, 1.54) is 0 Å². The molecule has 30 heavy (non-hydrogen) atoms. The number of carbonyl (C=O) groups excluding carboxylic acids is 1. The molecule has 1 aliphatic rings. The van der Waals surface area contributed by atoms with E-state index >= 15 is 0 Å². The first-order chi connectivity index (χ1) is 14.7. The number of hydrogen-bond donors (Lipinski definition) is 1. The average Bonchev–Trinajstić information content (AvgIpc) is 3.45. The Hall–Kier alpha value is -3.91. The summed E-state index contributed by atoms with van der Waals surface area (Å²) in [5.74, 6) is 0.951. The molecule has 0 spiro atoms. The van der Waals surface area contributed by atoms with Crippen LogP contribution >= 0.6 is 11.3 Å². The summed E-state index contributed by atoms with van der Waals surface area (Å²) < 4.78 is 7.12. The van der Waals surface area contributed by atoms with Crippen molar-refractivity contribution in [3.05, 3.63) is 77.4 Å². The van der Waals surface area contributed by atoms with Gasteiger partial charge in [0.05, 0.1) is 15.8 Å². The van der Waals surface area contributed by atoms with E-state index in [0.717, 1.165) is 31.8 Å². The number of thiophene rings is 1. The smallest absolute Gasteiger partial charge is 0.248 e. The fraction of sp³-hybridized carbons (Fsp3) is 0.0455. The van der Waals surface area contributed by atoms with Crippen LogP contribution in [0.15, 0.2) is 82.4 Å². The zero-order valence-corrected chi connectivity index (χ0v) is 16.5. The lowest BCUT2D eigenvalue weighted by Crippen LogP contribution is -2.10. The third-order valence-electron chi connectivity index (χ3n) is 4.73. The van der Waals surface area contributed by atoms with E-state index in [1.54, 1.807) is 29.7 Å². The maximum atomic E-state index is 11.2. The van der Waals surface area contributed by atoms with Crippen LogP contribution in [0.2, 0.25) is 0 Å². The number of aromatic nitrogens is 1. The third kappa shape index (κ3) is 3.44. The predicted octanol–water partition coefficient (Wildman–Crippen LogP) is 5.02. The van der Waals surface area contributed by atoms with Gasteiger partial charge >= 0.3 is 0 Å². The molecule has 0 saturated heterocycles. The minimum absolute atomic E-state index is 0.437. The second-order valence-electron chi connectivity index (χ2n) is 6.66. The van der Waals surface area contributed by atoms with Crippen LogP contribution in [0.3, 0.4) is 0 Å². The first kappa shape index (κ1) is 18.1. The van der Waals surface area contributed by atoms with Gasteiger partial charge in [0.2, 0.25) is 5.91 Å². The zero-order valence-electron chi connectivity index (χ0n) is 15.6. The number of carbonyl (C=O) groups is 1. The largest absolute Gasteiger partial charge is 0.455 e. The minimum Gasteiger partial charge on any atom is -0.455 e. The molecule has 0 unspecified atom stereocenters. The van der Waals surface area contributed by atoms with Gasteiger partial charge in [-0.2, -0.15) is 5.11 Å². The average molecular weight is 413 g/mol. The van der Waals surface area contributed by atoms with E-state index in [1.807, 2.05) is 48.7 Å².